The van der Waals surface area contributed by atoms with Gasteiger partial charge in [-0.05, 0) is 44.5 Å². The average molecular weight is 274 g/mol. The van der Waals surface area contributed by atoms with E-state index in [2.05, 4.69) is 11.0 Å². The van der Waals surface area contributed by atoms with Gasteiger partial charge in [0.15, 0.2) is 0 Å². The molecule has 0 unspecified atom stereocenters. The molecule has 2 atom stereocenters. The lowest BCUT2D eigenvalue weighted by molar-refractivity contribution is 0.0293. The summed E-state index contributed by atoms with van der Waals surface area (Å²) in [6, 6.07) is 9.56. The summed E-state index contributed by atoms with van der Waals surface area (Å²) in [7, 11) is 0. The first kappa shape index (κ1) is 14.8. The molecule has 0 aromatic heterocycles. The van der Waals surface area contributed by atoms with Crippen molar-refractivity contribution in [2.24, 2.45) is 0 Å². The largest absolute Gasteiger partial charge is 0.492 e. The molecule has 1 saturated heterocycles. The highest BCUT2D eigenvalue weighted by Crippen LogP contribution is 2.19. The van der Waals surface area contributed by atoms with Crippen LogP contribution in [0.3, 0.4) is 0 Å². The molecule has 0 amide bonds. The Morgan fingerprint density at radius 1 is 1.50 bits per heavy atom. The zero-order chi connectivity index (χ0) is 14.4. The Morgan fingerprint density at radius 3 is 3.10 bits per heavy atom. The lowest BCUT2D eigenvalue weighted by Gasteiger charge is -2.37. The van der Waals surface area contributed by atoms with Crippen LogP contribution in [0.4, 0.5) is 0 Å². The fourth-order valence-corrected chi connectivity index (χ4v) is 2.78. The van der Waals surface area contributed by atoms with E-state index in [0.29, 0.717) is 12.2 Å². The Labute approximate surface area is 120 Å². The SMILES string of the molecule is C[C@H](O)[C@@H]1CCCCN1CCOc1cccc(C#N)c1. The van der Waals surface area contributed by atoms with Gasteiger partial charge in [0.25, 0.3) is 0 Å². The maximum atomic E-state index is 9.81. The number of hydrogen-bond acceptors (Lipinski definition) is 4. The topological polar surface area (TPSA) is 56.5 Å². The molecular formula is C16H22N2O2. The van der Waals surface area contributed by atoms with E-state index >= 15 is 0 Å². The fourth-order valence-electron chi connectivity index (χ4n) is 2.78. The zero-order valence-electron chi connectivity index (χ0n) is 12.0. The predicted octanol–water partition coefficient (Wildman–Crippen LogP) is 2.17. The molecule has 1 N–H and O–H groups in total. The molecule has 1 aliphatic rings. The highest BCUT2D eigenvalue weighted by atomic mass is 16.5. The molecular weight excluding hydrogens is 252 g/mol. The summed E-state index contributed by atoms with van der Waals surface area (Å²) in [6.45, 7) is 4.28. The standard InChI is InChI=1S/C16H22N2O2/c1-13(19)16-7-2-3-8-18(16)9-10-20-15-6-4-5-14(11-15)12-17/h4-6,11,13,16,19H,2-3,7-10H2,1H3/t13-,16-/m0/s1. The Kier molecular flexibility index (Phi) is 5.40. The maximum Gasteiger partial charge on any atom is 0.120 e. The number of piperidine rings is 1. The molecule has 0 bridgehead atoms. The van der Waals surface area contributed by atoms with Crippen LogP contribution < -0.4 is 4.74 Å². The zero-order valence-corrected chi connectivity index (χ0v) is 12.0. The number of aliphatic hydroxyl groups excluding tert-OH is 1. The molecule has 0 radical (unpaired) electrons. The second kappa shape index (κ2) is 7.28. The molecule has 20 heavy (non-hydrogen) atoms. The van der Waals surface area contributed by atoms with E-state index in [0.717, 1.165) is 25.3 Å². The molecule has 1 aromatic rings. The van der Waals surface area contributed by atoms with E-state index in [1.165, 1.54) is 12.8 Å². The molecule has 1 fully saturated rings. The van der Waals surface area contributed by atoms with E-state index in [1.807, 2.05) is 19.1 Å². The van der Waals surface area contributed by atoms with Gasteiger partial charge in [-0.25, -0.2) is 0 Å². The van der Waals surface area contributed by atoms with E-state index in [4.69, 9.17) is 10.00 Å². The molecule has 4 nitrogen and oxygen atoms in total. The Balaban J connectivity index is 1.83. The average Bonchev–Trinajstić information content (AvgIpc) is 2.48. The van der Waals surface area contributed by atoms with Gasteiger partial charge in [0, 0.05) is 12.6 Å². The van der Waals surface area contributed by atoms with Crippen molar-refractivity contribution >= 4 is 0 Å². The first-order valence-electron chi connectivity index (χ1n) is 7.26. The molecule has 1 aliphatic heterocycles. The predicted molar refractivity (Wildman–Crippen MR) is 77.5 cm³/mol. The number of nitriles is 1. The van der Waals surface area contributed by atoms with Crippen molar-refractivity contribution in [3.8, 4) is 11.8 Å². The number of benzene rings is 1. The maximum absolute atomic E-state index is 9.81. The van der Waals surface area contributed by atoms with Gasteiger partial charge < -0.3 is 9.84 Å². The summed E-state index contributed by atoms with van der Waals surface area (Å²) in [5, 5.41) is 18.7. The summed E-state index contributed by atoms with van der Waals surface area (Å²) in [5.41, 5.74) is 0.613. The van der Waals surface area contributed by atoms with Crippen molar-refractivity contribution in [2.75, 3.05) is 19.7 Å². The first-order valence-corrected chi connectivity index (χ1v) is 7.26. The van der Waals surface area contributed by atoms with Crippen molar-refractivity contribution in [3.05, 3.63) is 29.8 Å². The number of nitrogens with zero attached hydrogens (tertiary/aromatic N) is 2. The first-order chi connectivity index (χ1) is 9.70. The molecule has 1 heterocycles. The van der Waals surface area contributed by atoms with Gasteiger partial charge in [0.2, 0.25) is 0 Å². The van der Waals surface area contributed by atoms with Crippen LogP contribution in [0.15, 0.2) is 24.3 Å². The number of hydrogen-bond donors (Lipinski definition) is 1. The molecule has 2 rings (SSSR count). The van der Waals surface area contributed by atoms with Crippen molar-refractivity contribution in [1.82, 2.24) is 4.90 Å². The summed E-state index contributed by atoms with van der Waals surface area (Å²) in [4.78, 5) is 2.31. The van der Waals surface area contributed by atoms with E-state index < -0.39 is 0 Å². The quantitative estimate of drug-likeness (QED) is 0.894. The second-order valence-electron chi connectivity index (χ2n) is 5.33. The van der Waals surface area contributed by atoms with E-state index in [-0.39, 0.29) is 12.1 Å². The lowest BCUT2D eigenvalue weighted by Crippen LogP contribution is -2.47. The minimum absolute atomic E-state index is 0.248. The number of ether oxygens (including phenoxy) is 1. The van der Waals surface area contributed by atoms with Crippen LogP contribution in [0.5, 0.6) is 5.75 Å². The third kappa shape index (κ3) is 3.96. The van der Waals surface area contributed by atoms with E-state index in [1.54, 1.807) is 12.1 Å². The number of aliphatic hydroxyl groups is 1. The van der Waals surface area contributed by atoms with Crippen molar-refractivity contribution in [2.45, 2.75) is 38.3 Å². The third-order valence-corrected chi connectivity index (χ3v) is 3.83. The highest BCUT2D eigenvalue weighted by Gasteiger charge is 2.25. The molecule has 108 valence electrons. The Bertz CT molecular complexity index is 468. The van der Waals surface area contributed by atoms with Crippen molar-refractivity contribution < 1.29 is 9.84 Å². The highest BCUT2D eigenvalue weighted by molar-refractivity contribution is 5.36. The summed E-state index contributed by atoms with van der Waals surface area (Å²) in [5.74, 6) is 0.731. The molecule has 0 aliphatic carbocycles. The molecule has 0 saturated carbocycles. The normalized spacial score (nSPS) is 21.1. The van der Waals surface area contributed by atoms with Crippen LogP contribution in [0.2, 0.25) is 0 Å². The van der Waals surface area contributed by atoms with Gasteiger partial charge in [-0.3, -0.25) is 4.90 Å². The number of likely N-dealkylation sites (tertiary alicyclic amines) is 1. The van der Waals surface area contributed by atoms with Crippen molar-refractivity contribution in [1.29, 1.82) is 5.26 Å². The summed E-state index contributed by atoms with van der Waals surface area (Å²) >= 11 is 0. The monoisotopic (exact) mass is 274 g/mol. The van der Waals surface area contributed by atoms with Gasteiger partial charge in [-0.15, -0.1) is 0 Å². The van der Waals surface area contributed by atoms with Crippen LogP contribution in [0.1, 0.15) is 31.7 Å². The van der Waals surface area contributed by atoms with Crippen LogP contribution in [-0.4, -0.2) is 41.8 Å². The fraction of sp³-hybridized carbons (Fsp3) is 0.562. The summed E-state index contributed by atoms with van der Waals surface area (Å²) < 4.78 is 5.70. The van der Waals surface area contributed by atoms with Gasteiger partial charge in [0.1, 0.15) is 12.4 Å². The second-order valence-corrected chi connectivity index (χ2v) is 5.33. The van der Waals surface area contributed by atoms with Crippen LogP contribution in [0, 0.1) is 11.3 Å². The van der Waals surface area contributed by atoms with Gasteiger partial charge in [-0.2, -0.15) is 5.26 Å². The number of rotatable bonds is 5. The van der Waals surface area contributed by atoms with Gasteiger partial charge >= 0.3 is 0 Å². The lowest BCUT2D eigenvalue weighted by atomic mass is 9.98. The molecule has 4 heteroatoms. The molecule has 1 aromatic carbocycles. The van der Waals surface area contributed by atoms with Crippen molar-refractivity contribution in [3.63, 3.8) is 0 Å². The summed E-state index contributed by atoms with van der Waals surface area (Å²) in [6.07, 6.45) is 3.14. The van der Waals surface area contributed by atoms with Crippen LogP contribution in [-0.2, 0) is 0 Å². The van der Waals surface area contributed by atoms with Crippen LogP contribution in [0.25, 0.3) is 0 Å². The smallest absolute Gasteiger partial charge is 0.120 e. The van der Waals surface area contributed by atoms with Crippen LogP contribution >= 0.6 is 0 Å². The Hall–Kier alpha value is -1.57. The molecule has 0 spiro atoms. The minimum Gasteiger partial charge on any atom is -0.492 e. The van der Waals surface area contributed by atoms with E-state index in [9.17, 15) is 5.11 Å². The minimum atomic E-state index is -0.294. The van der Waals surface area contributed by atoms with Gasteiger partial charge in [0.05, 0.1) is 17.7 Å². The Morgan fingerprint density at radius 2 is 2.35 bits per heavy atom. The third-order valence-electron chi connectivity index (χ3n) is 3.83. The van der Waals surface area contributed by atoms with Gasteiger partial charge in [-0.1, -0.05) is 12.5 Å².